The maximum absolute atomic E-state index is 13.5. The van der Waals surface area contributed by atoms with Gasteiger partial charge in [-0.3, -0.25) is 10.2 Å². The van der Waals surface area contributed by atoms with E-state index in [1.165, 1.54) is 7.11 Å². The van der Waals surface area contributed by atoms with E-state index in [0.717, 1.165) is 16.6 Å². The Labute approximate surface area is 197 Å². The molecule has 172 valence electrons. The molecule has 2 aromatic carbocycles. The number of benzene rings is 2. The van der Waals surface area contributed by atoms with Gasteiger partial charge in [0.15, 0.2) is 12.4 Å². The molecule has 2 aromatic heterocycles. The van der Waals surface area contributed by atoms with Crippen LogP contribution in [0.1, 0.15) is 37.5 Å². The van der Waals surface area contributed by atoms with Crippen molar-refractivity contribution in [2.45, 2.75) is 13.1 Å². The summed E-state index contributed by atoms with van der Waals surface area (Å²) in [7, 11) is 3.22. The quantitative estimate of drug-likeness (QED) is 0.172. The summed E-state index contributed by atoms with van der Waals surface area (Å²) in [5.74, 6) is -0.999. The molecule has 4 rings (SSSR count). The van der Waals surface area contributed by atoms with Crippen LogP contribution in [0.3, 0.4) is 0 Å². The Morgan fingerprint density at radius 2 is 1.79 bits per heavy atom. The first-order chi connectivity index (χ1) is 16.4. The highest BCUT2D eigenvalue weighted by Gasteiger charge is 2.28. The van der Waals surface area contributed by atoms with Crippen LogP contribution in [-0.2, 0) is 24.9 Å². The zero-order chi connectivity index (χ0) is 24.2. The van der Waals surface area contributed by atoms with E-state index in [-0.39, 0.29) is 23.0 Å². The van der Waals surface area contributed by atoms with Crippen molar-refractivity contribution in [2.75, 3.05) is 7.11 Å². The Bertz CT molecular complexity index is 1390. The molecule has 0 spiro atoms. The summed E-state index contributed by atoms with van der Waals surface area (Å²) < 4.78 is 8.76. The monoisotopic (exact) mass is 456 g/mol. The number of carbonyl (C=O) groups excluding carboxylic acids is 2. The first-order valence-electron chi connectivity index (χ1n) is 10.7. The van der Waals surface area contributed by atoms with Gasteiger partial charge in [-0.2, -0.15) is 0 Å². The fourth-order valence-corrected chi connectivity index (χ4v) is 3.95. The molecule has 1 amide bonds. The van der Waals surface area contributed by atoms with Crippen molar-refractivity contribution in [3.63, 3.8) is 0 Å². The first kappa shape index (κ1) is 22.7. The fourth-order valence-electron chi connectivity index (χ4n) is 3.95. The molecule has 8 heteroatoms. The Kier molecular flexibility index (Phi) is 6.40. The topological polar surface area (TPSA) is 114 Å². The molecule has 0 unspecified atom stereocenters. The van der Waals surface area contributed by atoms with Gasteiger partial charge in [0.05, 0.1) is 12.7 Å². The third-order valence-electron chi connectivity index (χ3n) is 5.65. The number of para-hydroxylation sites is 1. The number of aromatic nitrogens is 2. The molecule has 0 fully saturated rings. The van der Waals surface area contributed by atoms with Crippen LogP contribution in [0.2, 0.25) is 0 Å². The summed E-state index contributed by atoms with van der Waals surface area (Å²) in [6, 6.07) is 18.5. The van der Waals surface area contributed by atoms with E-state index in [0.29, 0.717) is 24.0 Å². The SMILES string of the molecule is COC(=O)c1c(C(=O)NCc2cc[n+](C)cc2)n(Cc2cccc(C(=N)N)c2)c2ccccc12. The van der Waals surface area contributed by atoms with Gasteiger partial charge in [-0.1, -0.05) is 36.4 Å². The Morgan fingerprint density at radius 1 is 1.06 bits per heavy atom. The molecule has 8 nitrogen and oxygen atoms in total. The van der Waals surface area contributed by atoms with Gasteiger partial charge in [0.25, 0.3) is 5.91 Å². The Hall–Kier alpha value is -4.46. The zero-order valence-electron chi connectivity index (χ0n) is 19.0. The molecule has 0 aliphatic carbocycles. The van der Waals surface area contributed by atoms with Crippen molar-refractivity contribution in [2.24, 2.45) is 12.8 Å². The molecular formula is C26H26N5O3+. The number of methoxy groups -OCH3 is 1. The van der Waals surface area contributed by atoms with Crippen LogP contribution in [0.15, 0.2) is 73.1 Å². The predicted molar refractivity (Wildman–Crippen MR) is 129 cm³/mol. The smallest absolute Gasteiger partial charge is 0.340 e. The van der Waals surface area contributed by atoms with Gasteiger partial charge in [0.1, 0.15) is 18.6 Å². The number of ether oxygens (including phenoxy) is 1. The van der Waals surface area contributed by atoms with Crippen LogP contribution in [0, 0.1) is 5.41 Å². The number of amidine groups is 1. The number of aryl methyl sites for hydroxylation is 1. The third-order valence-corrected chi connectivity index (χ3v) is 5.65. The van der Waals surface area contributed by atoms with E-state index in [2.05, 4.69) is 5.32 Å². The summed E-state index contributed by atoms with van der Waals surface area (Å²) in [5, 5.41) is 11.3. The van der Waals surface area contributed by atoms with E-state index in [1.54, 1.807) is 22.8 Å². The van der Waals surface area contributed by atoms with Crippen LogP contribution in [0.25, 0.3) is 10.9 Å². The number of nitrogen functional groups attached to an aromatic ring is 1. The Morgan fingerprint density at radius 3 is 2.50 bits per heavy atom. The van der Waals surface area contributed by atoms with Gasteiger partial charge in [-0.05, 0) is 23.3 Å². The highest BCUT2D eigenvalue weighted by Crippen LogP contribution is 2.28. The second-order valence-electron chi connectivity index (χ2n) is 7.99. The normalized spacial score (nSPS) is 10.8. The number of esters is 1. The van der Waals surface area contributed by atoms with Crippen molar-refractivity contribution in [1.82, 2.24) is 9.88 Å². The van der Waals surface area contributed by atoms with Crippen molar-refractivity contribution in [3.8, 4) is 0 Å². The van der Waals surface area contributed by atoms with E-state index in [9.17, 15) is 9.59 Å². The fraction of sp³-hybridized carbons (Fsp3) is 0.154. The lowest BCUT2D eigenvalue weighted by atomic mass is 10.1. The van der Waals surface area contributed by atoms with E-state index in [4.69, 9.17) is 15.9 Å². The minimum absolute atomic E-state index is 0.0382. The van der Waals surface area contributed by atoms with E-state index >= 15 is 0 Å². The van der Waals surface area contributed by atoms with E-state index < -0.39 is 5.97 Å². The number of fused-ring (bicyclic) bond motifs is 1. The number of amides is 1. The van der Waals surface area contributed by atoms with Gasteiger partial charge in [-0.25, -0.2) is 9.36 Å². The number of nitrogens with one attached hydrogen (secondary N) is 2. The molecule has 0 saturated heterocycles. The average molecular weight is 457 g/mol. The number of hydrogen-bond donors (Lipinski definition) is 3. The van der Waals surface area contributed by atoms with Crippen LogP contribution < -0.4 is 15.6 Å². The number of carbonyl (C=O) groups is 2. The minimum Gasteiger partial charge on any atom is -0.465 e. The van der Waals surface area contributed by atoms with Gasteiger partial charge >= 0.3 is 5.97 Å². The lowest BCUT2D eigenvalue weighted by Crippen LogP contribution is -2.29. The van der Waals surface area contributed by atoms with Crippen LogP contribution in [0.5, 0.6) is 0 Å². The highest BCUT2D eigenvalue weighted by atomic mass is 16.5. The summed E-state index contributed by atoms with van der Waals surface area (Å²) in [4.78, 5) is 26.3. The Balaban J connectivity index is 1.80. The summed E-state index contributed by atoms with van der Waals surface area (Å²) in [6.45, 7) is 0.615. The van der Waals surface area contributed by atoms with Gasteiger partial charge < -0.3 is 20.4 Å². The van der Waals surface area contributed by atoms with Gasteiger partial charge in [-0.15, -0.1) is 0 Å². The predicted octanol–water partition coefficient (Wildman–Crippen LogP) is 2.51. The zero-order valence-corrected chi connectivity index (χ0v) is 19.0. The van der Waals surface area contributed by atoms with Crippen molar-refractivity contribution >= 4 is 28.6 Å². The molecule has 0 aliphatic rings. The third kappa shape index (κ3) is 4.52. The highest BCUT2D eigenvalue weighted by molar-refractivity contribution is 6.14. The molecular weight excluding hydrogens is 430 g/mol. The van der Waals surface area contributed by atoms with Crippen molar-refractivity contribution < 1.29 is 18.9 Å². The molecule has 2 heterocycles. The first-order valence-corrected chi connectivity index (χ1v) is 10.7. The van der Waals surface area contributed by atoms with Crippen LogP contribution in [-0.4, -0.2) is 29.4 Å². The lowest BCUT2D eigenvalue weighted by molar-refractivity contribution is -0.671. The molecule has 0 atom stereocenters. The molecule has 4 aromatic rings. The summed E-state index contributed by atoms with van der Waals surface area (Å²) in [5.41, 5.74) is 9.20. The second kappa shape index (κ2) is 9.58. The van der Waals surface area contributed by atoms with Crippen molar-refractivity contribution in [3.05, 3.63) is 101 Å². The maximum Gasteiger partial charge on any atom is 0.340 e. The number of nitrogens with two attached hydrogens (primary N) is 1. The van der Waals surface area contributed by atoms with E-state index in [1.807, 2.05) is 66.5 Å². The van der Waals surface area contributed by atoms with Crippen LogP contribution >= 0.6 is 0 Å². The molecule has 0 radical (unpaired) electrons. The minimum atomic E-state index is -0.579. The van der Waals surface area contributed by atoms with Crippen LogP contribution in [0.4, 0.5) is 0 Å². The standard InChI is InChI=1S/C26H25N5O3/c1-30-12-10-17(11-13-30)15-29-25(32)23-22(26(33)34-2)20-8-3-4-9-21(20)31(23)16-18-6-5-7-19(14-18)24(27)28/h3-14H,15-16H2,1-2H3,(H3-,27,28,29,32)/p+1. The number of rotatable bonds is 7. The largest absolute Gasteiger partial charge is 0.465 e. The molecule has 0 saturated carbocycles. The number of nitrogens with zero attached hydrogens (tertiary/aromatic N) is 2. The molecule has 4 N–H and O–H groups in total. The van der Waals surface area contributed by atoms with Crippen molar-refractivity contribution in [1.29, 1.82) is 5.41 Å². The maximum atomic E-state index is 13.5. The lowest BCUT2D eigenvalue weighted by Gasteiger charge is -2.13. The summed E-state index contributed by atoms with van der Waals surface area (Å²) in [6.07, 6.45) is 3.81. The van der Waals surface area contributed by atoms with Gasteiger partial charge in [0, 0.05) is 41.7 Å². The van der Waals surface area contributed by atoms with Gasteiger partial charge in [0.2, 0.25) is 0 Å². The number of hydrogen-bond acceptors (Lipinski definition) is 4. The number of pyridine rings is 1. The molecule has 34 heavy (non-hydrogen) atoms. The molecule has 0 bridgehead atoms. The average Bonchev–Trinajstić information content (AvgIpc) is 3.17. The second-order valence-corrected chi connectivity index (χ2v) is 7.99. The molecule has 0 aliphatic heterocycles. The summed E-state index contributed by atoms with van der Waals surface area (Å²) >= 11 is 0.